The summed E-state index contributed by atoms with van der Waals surface area (Å²) in [4.78, 5) is 21.5. The van der Waals surface area contributed by atoms with E-state index in [1.165, 1.54) is 12.8 Å². The van der Waals surface area contributed by atoms with Crippen molar-refractivity contribution in [3.8, 4) is 0 Å². The Morgan fingerprint density at radius 1 is 1.43 bits per heavy atom. The molecule has 2 aromatic rings. The van der Waals surface area contributed by atoms with Crippen LogP contribution < -0.4 is 5.32 Å². The number of hydrogen-bond acceptors (Lipinski definition) is 3. The van der Waals surface area contributed by atoms with Gasteiger partial charge >= 0.3 is 0 Å². The number of H-pyrrole nitrogens is 1. The highest BCUT2D eigenvalue weighted by Gasteiger charge is 2.10. The molecule has 0 saturated carbocycles. The third-order valence-electron chi connectivity index (χ3n) is 3.82. The molecule has 1 aliphatic rings. The van der Waals surface area contributed by atoms with Crippen molar-refractivity contribution in [2.45, 2.75) is 12.8 Å². The van der Waals surface area contributed by atoms with E-state index in [0.29, 0.717) is 6.54 Å². The first-order valence-electron chi connectivity index (χ1n) is 7.43. The number of fused-ring (bicyclic) bond motifs is 1. The van der Waals surface area contributed by atoms with Crippen molar-refractivity contribution in [2.75, 3.05) is 26.2 Å². The van der Waals surface area contributed by atoms with Crippen molar-refractivity contribution in [1.82, 2.24) is 20.2 Å². The lowest BCUT2D eigenvalue weighted by Crippen LogP contribution is -2.32. The molecular formula is C16H20N4O. The molecule has 0 aromatic carbocycles. The van der Waals surface area contributed by atoms with Gasteiger partial charge in [0, 0.05) is 42.5 Å². The first kappa shape index (κ1) is 13.8. The third kappa shape index (κ3) is 3.49. The fraction of sp³-hybridized carbons (Fsp3) is 0.375. The summed E-state index contributed by atoms with van der Waals surface area (Å²) in [5.74, 6) is -0.0487. The van der Waals surface area contributed by atoms with Gasteiger partial charge < -0.3 is 15.2 Å². The SMILES string of the molecule is O=C(C=Cc1c[nH]c2ncccc12)NCCN1CCCC1. The predicted octanol–water partition coefficient (Wildman–Crippen LogP) is 1.79. The van der Waals surface area contributed by atoms with Crippen molar-refractivity contribution >= 4 is 23.0 Å². The van der Waals surface area contributed by atoms with Gasteiger partial charge in [-0.15, -0.1) is 0 Å². The van der Waals surface area contributed by atoms with Crippen LogP contribution in [0.15, 0.2) is 30.6 Å². The second-order valence-electron chi connectivity index (χ2n) is 5.32. The van der Waals surface area contributed by atoms with Crippen LogP contribution in [0, 0.1) is 0 Å². The number of carbonyl (C=O) groups is 1. The lowest BCUT2D eigenvalue weighted by molar-refractivity contribution is -0.116. The Hall–Kier alpha value is -2.14. The average molecular weight is 284 g/mol. The summed E-state index contributed by atoms with van der Waals surface area (Å²) in [5.41, 5.74) is 1.82. The Bertz CT molecular complexity index is 641. The zero-order valence-corrected chi connectivity index (χ0v) is 12.0. The number of rotatable bonds is 5. The molecule has 110 valence electrons. The molecule has 5 heteroatoms. The van der Waals surface area contributed by atoms with Crippen LogP contribution >= 0.6 is 0 Å². The van der Waals surface area contributed by atoms with Crippen LogP contribution in [0.4, 0.5) is 0 Å². The monoisotopic (exact) mass is 284 g/mol. The van der Waals surface area contributed by atoms with E-state index in [1.54, 1.807) is 12.3 Å². The van der Waals surface area contributed by atoms with E-state index in [9.17, 15) is 4.79 Å². The topological polar surface area (TPSA) is 61.0 Å². The molecule has 2 aromatic heterocycles. The first-order valence-corrected chi connectivity index (χ1v) is 7.43. The summed E-state index contributed by atoms with van der Waals surface area (Å²) in [6.07, 6.45) is 9.58. The van der Waals surface area contributed by atoms with Gasteiger partial charge in [0.1, 0.15) is 5.65 Å². The highest BCUT2D eigenvalue weighted by Crippen LogP contribution is 2.16. The number of nitrogens with one attached hydrogen (secondary N) is 2. The highest BCUT2D eigenvalue weighted by molar-refractivity contribution is 5.95. The van der Waals surface area contributed by atoms with Crippen LogP contribution in [0.1, 0.15) is 18.4 Å². The van der Waals surface area contributed by atoms with Crippen molar-refractivity contribution in [3.63, 3.8) is 0 Å². The molecule has 3 rings (SSSR count). The van der Waals surface area contributed by atoms with Gasteiger partial charge in [-0.05, 0) is 44.1 Å². The minimum Gasteiger partial charge on any atom is -0.351 e. The lowest BCUT2D eigenvalue weighted by Gasteiger charge is -2.13. The standard InChI is InChI=1S/C16H20N4O/c21-15(17-8-11-20-9-1-2-10-20)6-5-13-12-19-16-14(13)4-3-7-18-16/h3-7,12H,1-2,8-11H2,(H,17,21)(H,18,19). The summed E-state index contributed by atoms with van der Waals surface area (Å²) in [5, 5.41) is 3.95. The van der Waals surface area contributed by atoms with Gasteiger partial charge in [0.15, 0.2) is 0 Å². The molecule has 1 fully saturated rings. The van der Waals surface area contributed by atoms with E-state index in [1.807, 2.05) is 24.4 Å². The van der Waals surface area contributed by atoms with E-state index in [2.05, 4.69) is 20.2 Å². The van der Waals surface area contributed by atoms with Crippen LogP contribution in [0.2, 0.25) is 0 Å². The summed E-state index contributed by atoms with van der Waals surface area (Å²) in [7, 11) is 0. The molecule has 21 heavy (non-hydrogen) atoms. The Kier molecular flexibility index (Phi) is 4.31. The van der Waals surface area contributed by atoms with Crippen LogP contribution in [-0.2, 0) is 4.79 Å². The third-order valence-corrected chi connectivity index (χ3v) is 3.82. The van der Waals surface area contributed by atoms with E-state index in [-0.39, 0.29) is 5.91 Å². The number of pyridine rings is 1. The number of aromatic amines is 1. The van der Waals surface area contributed by atoms with Crippen LogP contribution in [0.5, 0.6) is 0 Å². The average Bonchev–Trinajstić information content (AvgIpc) is 3.14. The number of aromatic nitrogens is 2. The summed E-state index contributed by atoms with van der Waals surface area (Å²) in [6, 6.07) is 3.88. The summed E-state index contributed by atoms with van der Waals surface area (Å²) in [6.45, 7) is 3.97. The molecule has 0 radical (unpaired) electrons. The molecule has 1 saturated heterocycles. The zero-order valence-electron chi connectivity index (χ0n) is 12.0. The smallest absolute Gasteiger partial charge is 0.244 e. The van der Waals surface area contributed by atoms with E-state index in [4.69, 9.17) is 0 Å². The van der Waals surface area contributed by atoms with Crippen LogP contribution in [0.3, 0.4) is 0 Å². The second-order valence-corrected chi connectivity index (χ2v) is 5.32. The normalized spacial score (nSPS) is 16.0. The van der Waals surface area contributed by atoms with Gasteiger partial charge in [-0.3, -0.25) is 4.79 Å². The molecule has 0 aliphatic carbocycles. The fourth-order valence-electron chi connectivity index (χ4n) is 2.68. The lowest BCUT2D eigenvalue weighted by atomic mass is 10.2. The Labute approximate surface area is 124 Å². The van der Waals surface area contributed by atoms with Gasteiger partial charge in [0.2, 0.25) is 5.91 Å². The first-order chi connectivity index (χ1) is 10.3. The maximum Gasteiger partial charge on any atom is 0.244 e. The fourth-order valence-corrected chi connectivity index (χ4v) is 2.68. The van der Waals surface area contributed by atoms with E-state index < -0.39 is 0 Å². The minimum atomic E-state index is -0.0487. The molecule has 5 nitrogen and oxygen atoms in total. The molecule has 0 bridgehead atoms. The number of nitrogens with zero attached hydrogens (tertiary/aromatic N) is 2. The Morgan fingerprint density at radius 2 is 2.29 bits per heavy atom. The Morgan fingerprint density at radius 3 is 3.14 bits per heavy atom. The Balaban J connectivity index is 1.51. The van der Waals surface area contributed by atoms with Gasteiger partial charge in [-0.1, -0.05) is 0 Å². The zero-order chi connectivity index (χ0) is 14.5. The van der Waals surface area contributed by atoms with Gasteiger partial charge in [0.25, 0.3) is 0 Å². The maximum atomic E-state index is 11.8. The number of hydrogen-bond donors (Lipinski definition) is 2. The van der Waals surface area contributed by atoms with Gasteiger partial charge in [0.05, 0.1) is 0 Å². The molecule has 1 aliphatic heterocycles. The molecule has 0 spiro atoms. The minimum absolute atomic E-state index is 0.0487. The van der Waals surface area contributed by atoms with Gasteiger partial charge in [-0.25, -0.2) is 4.98 Å². The predicted molar refractivity (Wildman–Crippen MR) is 83.8 cm³/mol. The molecule has 0 atom stereocenters. The molecular weight excluding hydrogens is 264 g/mol. The van der Waals surface area contributed by atoms with Crippen molar-refractivity contribution in [3.05, 3.63) is 36.2 Å². The summed E-state index contributed by atoms with van der Waals surface area (Å²) >= 11 is 0. The van der Waals surface area contributed by atoms with E-state index >= 15 is 0 Å². The largest absolute Gasteiger partial charge is 0.351 e. The quantitative estimate of drug-likeness (QED) is 0.823. The van der Waals surface area contributed by atoms with E-state index in [0.717, 1.165) is 36.2 Å². The summed E-state index contributed by atoms with van der Waals surface area (Å²) < 4.78 is 0. The van der Waals surface area contributed by atoms with Crippen molar-refractivity contribution in [1.29, 1.82) is 0 Å². The second kappa shape index (κ2) is 6.54. The molecule has 3 heterocycles. The molecule has 2 N–H and O–H groups in total. The number of carbonyl (C=O) groups excluding carboxylic acids is 1. The van der Waals surface area contributed by atoms with Crippen molar-refractivity contribution < 1.29 is 4.79 Å². The molecule has 1 amide bonds. The number of amides is 1. The van der Waals surface area contributed by atoms with Gasteiger partial charge in [-0.2, -0.15) is 0 Å². The molecule has 0 unspecified atom stereocenters. The maximum absolute atomic E-state index is 11.8. The number of likely N-dealkylation sites (tertiary alicyclic amines) is 1. The van der Waals surface area contributed by atoms with Crippen LogP contribution in [-0.4, -0.2) is 47.0 Å². The van der Waals surface area contributed by atoms with Crippen molar-refractivity contribution in [2.24, 2.45) is 0 Å². The van der Waals surface area contributed by atoms with Crippen LogP contribution in [0.25, 0.3) is 17.1 Å². The highest BCUT2D eigenvalue weighted by atomic mass is 16.1.